The van der Waals surface area contributed by atoms with Crippen molar-refractivity contribution in [1.29, 1.82) is 10.5 Å². The summed E-state index contributed by atoms with van der Waals surface area (Å²) in [6.07, 6.45) is 0.634. The van der Waals surface area contributed by atoms with E-state index in [4.69, 9.17) is 15.3 Å². The molecule has 3 nitrogen and oxygen atoms in total. The highest BCUT2D eigenvalue weighted by atomic mass is 16.5. The van der Waals surface area contributed by atoms with E-state index in [1.54, 1.807) is 0 Å². The molecule has 21 heavy (non-hydrogen) atoms. The van der Waals surface area contributed by atoms with Gasteiger partial charge in [0.25, 0.3) is 0 Å². The first-order chi connectivity index (χ1) is 10.3. The molecule has 0 aliphatic carbocycles. The van der Waals surface area contributed by atoms with Crippen molar-refractivity contribution in [2.75, 3.05) is 0 Å². The highest BCUT2D eigenvalue weighted by Gasteiger charge is 2.07. The third-order valence-electron chi connectivity index (χ3n) is 3.06. The Morgan fingerprint density at radius 3 is 2.00 bits per heavy atom. The molecule has 0 aliphatic heterocycles. The van der Waals surface area contributed by atoms with Gasteiger partial charge in [-0.2, -0.15) is 10.5 Å². The molecule has 0 saturated heterocycles. The minimum absolute atomic E-state index is 0.161. The van der Waals surface area contributed by atoms with Crippen molar-refractivity contribution in [3.05, 3.63) is 65.7 Å². The average molecular weight is 272 g/mol. The van der Waals surface area contributed by atoms with Crippen molar-refractivity contribution < 1.29 is 4.74 Å². The van der Waals surface area contributed by atoms with Gasteiger partial charge in [0.15, 0.2) is 0 Å². The van der Waals surface area contributed by atoms with Gasteiger partial charge in [-0.3, -0.25) is 0 Å². The normalized spacial score (nSPS) is 9.24. The lowest BCUT2D eigenvalue weighted by Crippen LogP contribution is -1.90. The summed E-state index contributed by atoms with van der Waals surface area (Å²) in [4.78, 5) is 0. The van der Waals surface area contributed by atoms with Crippen LogP contribution >= 0.6 is 0 Å². The molecule has 2 aromatic carbocycles. The van der Waals surface area contributed by atoms with Gasteiger partial charge in [-0.05, 0) is 35.4 Å². The maximum absolute atomic E-state index is 8.98. The van der Waals surface area contributed by atoms with Crippen LogP contribution < -0.4 is 4.74 Å². The van der Waals surface area contributed by atoms with Crippen LogP contribution in [0.15, 0.2) is 60.2 Å². The van der Waals surface area contributed by atoms with Crippen LogP contribution in [0.2, 0.25) is 6.32 Å². The molecule has 4 heteroatoms. The number of nitrogens with zero attached hydrogens (tertiary/aromatic N) is 2. The molecule has 0 fully saturated rings. The molecule has 0 aromatic heterocycles. The monoisotopic (exact) mass is 272 g/mol. The zero-order valence-electron chi connectivity index (χ0n) is 11.7. The molecule has 100 valence electrons. The molecule has 0 aliphatic rings. The fourth-order valence-electron chi connectivity index (χ4n) is 2.03. The fourth-order valence-corrected chi connectivity index (χ4v) is 2.03. The average Bonchev–Trinajstić information content (AvgIpc) is 2.54. The van der Waals surface area contributed by atoms with Crippen LogP contribution in [0.4, 0.5) is 0 Å². The third kappa shape index (κ3) is 3.52. The van der Waals surface area contributed by atoms with Crippen LogP contribution in [-0.4, -0.2) is 7.85 Å². The second-order valence-electron chi connectivity index (χ2n) is 4.37. The van der Waals surface area contributed by atoms with Crippen LogP contribution in [0.5, 0.6) is 11.5 Å². The van der Waals surface area contributed by atoms with Crippen molar-refractivity contribution in [2.24, 2.45) is 0 Å². The van der Waals surface area contributed by atoms with E-state index >= 15 is 0 Å². The van der Waals surface area contributed by atoms with Gasteiger partial charge >= 0.3 is 0 Å². The largest absolute Gasteiger partial charge is 0.457 e. The minimum atomic E-state index is 0.161. The molecular formula is C17H13BN2O. The first-order valence-electron chi connectivity index (χ1n) is 6.65. The number of ether oxygens (including phenoxy) is 1. The summed E-state index contributed by atoms with van der Waals surface area (Å²) in [6, 6.07) is 20.8. The molecule has 0 saturated carbocycles. The molecule has 0 N–H and O–H groups in total. The molecular weight excluding hydrogens is 259 g/mol. The number of para-hydroxylation sites is 1. The molecule has 2 aromatic rings. The van der Waals surface area contributed by atoms with Gasteiger partial charge in [0.2, 0.25) is 0 Å². The number of benzene rings is 2. The maximum Gasteiger partial charge on any atom is 0.132 e. The molecule has 0 radical (unpaired) electrons. The first-order valence-corrected chi connectivity index (χ1v) is 6.65. The molecule has 0 atom stereocenters. The third-order valence-corrected chi connectivity index (χ3v) is 3.06. The zero-order chi connectivity index (χ0) is 15.1. The second-order valence-corrected chi connectivity index (χ2v) is 4.37. The van der Waals surface area contributed by atoms with E-state index in [1.807, 2.05) is 74.6 Å². The van der Waals surface area contributed by atoms with Crippen molar-refractivity contribution in [3.63, 3.8) is 0 Å². The Labute approximate surface area is 125 Å². The molecule has 0 heterocycles. The van der Waals surface area contributed by atoms with E-state index in [0.717, 1.165) is 22.6 Å². The van der Waals surface area contributed by atoms with Crippen LogP contribution in [-0.2, 0) is 0 Å². The molecule has 0 bridgehead atoms. The smallest absolute Gasteiger partial charge is 0.132 e. The van der Waals surface area contributed by atoms with Crippen molar-refractivity contribution in [1.82, 2.24) is 0 Å². The van der Waals surface area contributed by atoms with Crippen molar-refractivity contribution >= 4 is 13.4 Å². The van der Waals surface area contributed by atoms with E-state index in [9.17, 15) is 0 Å². The SMILES string of the molecule is BCC(=C(C#N)C#N)c1ccc(Oc2ccccc2)cc1. The highest BCUT2D eigenvalue weighted by Crippen LogP contribution is 2.26. The summed E-state index contributed by atoms with van der Waals surface area (Å²) in [5.74, 6) is 1.49. The summed E-state index contributed by atoms with van der Waals surface area (Å²) in [5.41, 5.74) is 1.79. The summed E-state index contributed by atoms with van der Waals surface area (Å²) < 4.78 is 5.71. The second kappa shape index (κ2) is 6.98. The fraction of sp³-hybridized carbons (Fsp3) is 0.0588. The lowest BCUT2D eigenvalue weighted by Gasteiger charge is -2.08. The lowest BCUT2D eigenvalue weighted by molar-refractivity contribution is 0.482. The number of hydrogen-bond acceptors (Lipinski definition) is 3. The number of rotatable bonds is 4. The van der Waals surface area contributed by atoms with Crippen LogP contribution in [0.1, 0.15) is 5.56 Å². The Hall–Kier alpha value is -2.98. The van der Waals surface area contributed by atoms with Crippen molar-refractivity contribution in [3.8, 4) is 23.6 Å². The minimum Gasteiger partial charge on any atom is -0.457 e. The number of nitriles is 2. The van der Waals surface area contributed by atoms with Gasteiger partial charge < -0.3 is 4.74 Å². The van der Waals surface area contributed by atoms with E-state index in [-0.39, 0.29) is 5.57 Å². The summed E-state index contributed by atoms with van der Waals surface area (Å²) >= 11 is 0. The number of allylic oxidation sites excluding steroid dienone is 2. The summed E-state index contributed by atoms with van der Waals surface area (Å²) in [7, 11) is 1.93. The first kappa shape index (κ1) is 14.4. The zero-order valence-corrected chi connectivity index (χ0v) is 11.7. The van der Waals surface area contributed by atoms with Gasteiger partial charge in [-0.25, -0.2) is 0 Å². The Morgan fingerprint density at radius 2 is 1.48 bits per heavy atom. The highest BCUT2D eigenvalue weighted by molar-refractivity contribution is 6.15. The van der Waals surface area contributed by atoms with Gasteiger partial charge in [-0.1, -0.05) is 36.7 Å². The van der Waals surface area contributed by atoms with Crippen LogP contribution in [0.25, 0.3) is 5.57 Å². The van der Waals surface area contributed by atoms with Crippen LogP contribution in [0, 0.1) is 22.7 Å². The maximum atomic E-state index is 8.98. The quantitative estimate of drug-likeness (QED) is 0.633. The Kier molecular flexibility index (Phi) is 4.80. The predicted octanol–water partition coefficient (Wildman–Crippen LogP) is 3.33. The predicted molar refractivity (Wildman–Crippen MR) is 84.5 cm³/mol. The topological polar surface area (TPSA) is 56.8 Å². The summed E-state index contributed by atoms with van der Waals surface area (Å²) in [5, 5.41) is 18.0. The van der Waals surface area contributed by atoms with Gasteiger partial charge in [-0.15, -0.1) is 0 Å². The van der Waals surface area contributed by atoms with Crippen molar-refractivity contribution in [2.45, 2.75) is 6.32 Å². The van der Waals surface area contributed by atoms with E-state index in [1.165, 1.54) is 0 Å². The Bertz CT molecular complexity index is 706. The molecule has 0 unspecified atom stereocenters. The standard InChI is InChI=1S/C17H13BN2O/c18-10-17(14(11-19)12-20)13-6-8-16(9-7-13)21-15-4-2-1-3-5-15/h1-9H,10,18H2. The van der Waals surface area contributed by atoms with E-state index < -0.39 is 0 Å². The van der Waals surface area contributed by atoms with Gasteiger partial charge in [0.1, 0.15) is 37.1 Å². The number of hydrogen-bond donors (Lipinski definition) is 0. The molecule has 0 spiro atoms. The lowest BCUT2D eigenvalue weighted by atomic mass is 9.88. The van der Waals surface area contributed by atoms with E-state index in [2.05, 4.69) is 0 Å². The van der Waals surface area contributed by atoms with Gasteiger partial charge in [0, 0.05) is 0 Å². The van der Waals surface area contributed by atoms with E-state index in [0.29, 0.717) is 6.32 Å². The summed E-state index contributed by atoms with van der Waals surface area (Å²) in [6.45, 7) is 0. The molecule has 0 amide bonds. The Balaban J connectivity index is 2.26. The Morgan fingerprint density at radius 1 is 0.905 bits per heavy atom. The molecule has 2 rings (SSSR count). The van der Waals surface area contributed by atoms with Gasteiger partial charge in [0.05, 0.1) is 0 Å². The van der Waals surface area contributed by atoms with Crippen LogP contribution in [0.3, 0.4) is 0 Å².